The van der Waals surface area contributed by atoms with Crippen molar-refractivity contribution in [3.63, 3.8) is 0 Å². The minimum Gasteiger partial charge on any atom is -0.385 e. The van der Waals surface area contributed by atoms with E-state index in [2.05, 4.69) is 34.6 Å². The molecule has 0 aliphatic heterocycles. The number of nitrogens with one attached hydrogen (secondary N) is 1. The molecule has 20 heavy (non-hydrogen) atoms. The van der Waals surface area contributed by atoms with Gasteiger partial charge < -0.3 is 10.1 Å². The van der Waals surface area contributed by atoms with Crippen LogP contribution in [0.1, 0.15) is 24.8 Å². The summed E-state index contributed by atoms with van der Waals surface area (Å²) in [5, 5.41) is 6.07. The molecule has 0 saturated heterocycles. The van der Waals surface area contributed by atoms with Crippen molar-refractivity contribution in [3.8, 4) is 0 Å². The van der Waals surface area contributed by atoms with E-state index < -0.39 is 0 Å². The van der Waals surface area contributed by atoms with E-state index in [9.17, 15) is 0 Å². The van der Waals surface area contributed by atoms with Crippen LogP contribution in [0, 0.1) is 5.41 Å². The van der Waals surface area contributed by atoms with Crippen LogP contribution in [0.25, 0.3) is 10.8 Å². The maximum Gasteiger partial charge on any atom is 0.0468 e. The van der Waals surface area contributed by atoms with E-state index >= 15 is 0 Å². The highest BCUT2D eigenvalue weighted by molar-refractivity contribution is 5.81. The number of hydrogen-bond acceptors (Lipinski definition) is 3. The van der Waals surface area contributed by atoms with Crippen molar-refractivity contribution in [2.75, 3.05) is 20.3 Å². The van der Waals surface area contributed by atoms with E-state index in [0.29, 0.717) is 5.41 Å². The molecule has 106 valence electrons. The van der Waals surface area contributed by atoms with Gasteiger partial charge in [0.2, 0.25) is 0 Å². The Bertz CT molecular complexity index is 578. The third-order valence-corrected chi connectivity index (χ3v) is 4.33. The van der Waals surface area contributed by atoms with Gasteiger partial charge in [-0.25, -0.2) is 0 Å². The lowest BCUT2D eigenvalue weighted by molar-refractivity contribution is 0.171. The second kappa shape index (κ2) is 5.90. The van der Waals surface area contributed by atoms with Gasteiger partial charge in [0.25, 0.3) is 0 Å². The summed E-state index contributed by atoms with van der Waals surface area (Å²) in [6.45, 7) is 2.92. The molecule has 0 unspecified atom stereocenters. The van der Waals surface area contributed by atoms with Gasteiger partial charge >= 0.3 is 0 Å². The minimum absolute atomic E-state index is 0.511. The number of pyridine rings is 1. The number of rotatable bonds is 7. The Morgan fingerprint density at radius 1 is 1.25 bits per heavy atom. The molecule has 0 atom stereocenters. The van der Waals surface area contributed by atoms with Crippen LogP contribution in [-0.4, -0.2) is 25.2 Å². The molecule has 1 saturated carbocycles. The summed E-state index contributed by atoms with van der Waals surface area (Å²) in [5.41, 5.74) is 1.85. The summed E-state index contributed by atoms with van der Waals surface area (Å²) in [6, 6.07) is 8.65. The van der Waals surface area contributed by atoms with E-state index in [-0.39, 0.29) is 0 Å². The highest BCUT2D eigenvalue weighted by Crippen LogP contribution is 2.48. The lowest BCUT2D eigenvalue weighted by atomic mass is 10.0. The molecule has 3 rings (SSSR count). The van der Waals surface area contributed by atoms with E-state index in [1.54, 1.807) is 7.11 Å². The molecule has 1 aliphatic rings. The first kappa shape index (κ1) is 13.5. The van der Waals surface area contributed by atoms with Gasteiger partial charge in [-0.15, -0.1) is 0 Å². The Morgan fingerprint density at radius 3 is 2.95 bits per heavy atom. The lowest BCUT2D eigenvalue weighted by Crippen LogP contribution is -2.24. The quantitative estimate of drug-likeness (QED) is 0.839. The summed E-state index contributed by atoms with van der Waals surface area (Å²) in [7, 11) is 1.79. The van der Waals surface area contributed by atoms with Crippen LogP contribution < -0.4 is 5.32 Å². The van der Waals surface area contributed by atoms with Crippen molar-refractivity contribution in [2.45, 2.75) is 25.8 Å². The molecule has 1 aromatic heterocycles. The van der Waals surface area contributed by atoms with Crippen LogP contribution in [0.5, 0.6) is 0 Å². The number of fused-ring (bicyclic) bond motifs is 1. The predicted molar refractivity (Wildman–Crippen MR) is 81.6 cm³/mol. The van der Waals surface area contributed by atoms with Gasteiger partial charge in [-0.3, -0.25) is 4.98 Å². The van der Waals surface area contributed by atoms with Crippen molar-refractivity contribution in [3.05, 3.63) is 42.2 Å². The molecule has 0 amide bonds. The summed E-state index contributed by atoms with van der Waals surface area (Å²) >= 11 is 0. The number of aromatic nitrogens is 1. The summed E-state index contributed by atoms with van der Waals surface area (Å²) in [5.74, 6) is 0. The average Bonchev–Trinajstić information content (AvgIpc) is 3.25. The molecule has 1 aromatic carbocycles. The van der Waals surface area contributed by atoms with Crippen LogP contribution in [0.4, 0.5) is 0 Å². The first-order chi connectivity index (χ1) is 9.81. The average molecular weight is 270 g/mol. The summed E-state index contributed by atoms with van der Waals surface area (Å²) in [6.07, 6.45) is 7.62. The zero-order valence-corrected chi connectivity index (χ0v) is 12.1. The zero-order chi connectivity index (χ0) is 13.8. The Kier molecular flexibility index (Phi) is 3.99. The second-order valence-electron chi connectivity index (χ2n) is 5.90. The standard InChI is InChI=1S/C17H22N2O/c1-20-9-7-17(5-6-17)13-19-11-14-2-3-16-12-18-8-4-15(16)10-14/h2-4,8,10,12,19H,5-7,9,11,13H2,1H3. The van der Waals surface area contributed by atoms with E-state index in [1.807, 2.05) is 12.4 Å². The normalized spacial score (nSPS) is 16.4. The van der Waals surface area contributed by atoms with Crippen LogP contribution in [0.2, 0.25) is 0 Å². The molecule has 1 fully saturated rings. The number of methoxy groups -OCH3 is 1. The Hall–Kier alpha value is -1.45. The predicted octanol–water partition coefficient (Wildman–Crippen LogP) is 3.14. The first-order valence-electron chi connectivity index (χ1n) is 7.34. The van der Waals surface area contributed by atoms with Crippen LogP contribution in [0.15, 0.2) is 36.7 Å². The Labute approximate surface area is 120 Å². The molecule has 0 radical (unpaired) electrons. The smallest absolute Gasteiger partial charge is 0.0468 e. The maximum atomic E-state index is 5.20. The molecule has 1 aliphatic carbocycles. The highest BCUT2D eigenvalue weighted by Gasteiger charge is 2.41. The Balaban J connectivity index is 1.55. The van der Waals surface area contributed by atoms with Gasteiger partial charge in [-0.05, 0) is 47.8 Å². The molecular formula is C17H22N2O. The van der Waals surface area contributed by atoms with Crippen molar-refractivity contribution < 1.29 is 4.74 Å². The zero-order valence-electron chi connectivity index (χ0n) is 12.1. The third kappa shape index (κ3) is 3.17. The third-order valence-electron chi connectivity index (χ3n) is 4.33. The minimum atomic E-state index is 0.511. The molecule has 2 aromatic rings. The molecular weight excluding hydrogens is 248 g/mol. The first-order valence-corrected chi connectivity index (χ1v) is 7.34. The van der Waals surface area contributed by atoms with Gasteiger partial charge in [-0.1, -0.05) is 12.1 Å². The molecule has 1 heterocycles. The molecule has 0 bridgehead atoms. The monoisotopic (exact) mass is 270 g/mol. The van der Waals surface area contributed by atoms with Crippen molar-refractivity contribution in [1.29, 1.82) is 0 Å². The largest absolute Gasteiger partial charge is 0.385 e. The van der Waals surface area contributed by atoms with Gasteiger partial charge in [0.15, 0.2) is 0 Å². The maximum absolute atomic E-state index is 5.20. The van der Waals surface area contributed by atoms with Gasteiger partial charge in [0.05, 0.1) is 0 Å². The lowest BCUT2D eigenvalue weighted by Gasteiger charge is -2.15. The number of benzene rings is 1. The van der Waals surface area contributed by atoms with Gasteiger partial charge in [0.1, 0.15) is 0 Å². The molecule has 0 spiro atoms. The van der Waals surface area contributed by atoms with Crippen molar-refractivity contribution in [1.82, 2.24) is 10.3 Å². The van der Waals surface area contributed by atoms with Gasteiger partial charge in [-0.2, -0.15) is 0 Å². The highest BCUT2D eigenvalue weighted by atomic mass is 16.5. The fourth-order valence-corrected chi connectivity index (χ4v) is 2.73. The fourth-order valence-electron chi connectivity index (χ4n) is 2.73. The SMILES string of the molecule is COCCC1(CNCc2ccc3cnccc3c2)CC1. The molecule has 1 N–H and O–H groups in total. The molecule has 3 heteroatoms. The van der Waals surface area contributed by atoms with Crippen LogP contribution in [0.3, 0.4) is 0 Å². The number of ether oxygens (including phenoxy) is 1. The number of nitrogens with zero attached hydrogens (tertiary/aromatic N) is 1. The van der Waals surface area contributed by atoms with Crippen molar-refractivity contribution >= 4 is 10.8 Å². The van der Waals surface area contributed by atoms with E-state index in [1.165, 1.54) is 35.6 Å². The Morgan fingerprint density at radius 2 is 2.15 bits per heavy atom. The second-order valence-corrected chi connectivity index (χ2v) is 5.90. The summed E-state index contributed by atoms with van der Waals surface area (Å²) < 4.78 is 5.20. The topological polar surface area (TPSA) is 34.1 Å². The summed E-state index contributed by atoms with van der Waals surface area (Å²) in [4.78, 5) is 4.15. The van der Waals surface area contributed by atoms with Crippen LogP contribution >= 0.6 is 0 Å². The number of hydrogen-bond donors (Lipinski definition) is 1. The molecule has 3 nitrogen and oxygen atoms in total. The van der Waals surface area contributed by atoms with Crippen LogP contribution in [-0.2, 0) is 11.3 Å². The fraction of sp³-hybridized carbons (Fsp3) is 0.471. The van der Waals surface area contributed by atoms with Gasteiger partial charge in [0, 0.05) is 44.6 Å². The van der Waals surface area contributed by atoms with E-state index in [4.69, 9.17) is 4.74 Å². The van der Waals surface area contributed by atoms with Crippen molar-refractivity contribution in [2.24, 2.45) is 5.41 Å². The van der Waals surface area contributed by atoms with E-state index in [0.717, 1.165) is 19.7 Å².